The summed E-state index contributed by atoms with van der Waals surface area (Å²) in [5, 5.41) is 11.3. The number of thioether (sulfide) groups is 1. The van der Waals surface area contributed by atoms with Crippen molar-refractivity contribution in [2.75, 3.05) is 17.4 Å². The van der Waals surface area contributed by atoms with E-state index in [1.807, 2.05) is 102 Å². The summed E-state index contributed by atoms with van der Waals surface area (Å²) >= 11 is 1.66. The fraction of sp³-hybridized carbons (Fsp3) is 0.139. The first-order chi connectivity index (χ1) is 21.1. The lowest BCUT2D eigenvalue weighted by Crippen LogP contribution is -2.21. The molecule has 0 atom stereocenters. The molecule has 0 radical (unpaired) electrons. The predicted molar refractivity (Wildman–Crippen MR) is 176 cm³/mol. The van der Waals surface area contributed by atoms with Crippen molar-refractivity contribution >= 4 is 35.1 Å². The largest absolute Gasteiger partial charge is 0.494 e. The van der Waals surface area contributed by atoms with Gasteiger partial charge in [0.2, 0.25) is 0 Å². The van der Waals surface area contributed by atoms with E-state index >= 15 is 0 Å². The van der Waals surface area contributed by atoms with E-state index in [9.17, 15) is 4.79 Å². The van der Waals surface area contributed by atoms with E-state index in [0.717, 1.165) is 51.0 Å². The second-order valence-corrected chi connectivity index (χ2v) is 11.3. The standard InChI is InChI=1S/C36H32N4O2S/c1-3-21-42-31-16-10-11-27(22-31)35-28(24-39(38-35)29-12-6-4-7-13-29)23-33-34(25-43-32-19-17-26(2)18-20-32)37-40(36(33)41)30-14-8-5-9-15-30/h4-20,22-24H,3,21,25H2,1-2H3. The highest BCUT2D eigenvalue weighted by Crippen LogP contribution is 2.32. The Hall–Kier alpha value is -4.88. The Morgan fingerprint density at radius 1 is 0.860 bits per heavy atom. The number of anilines is 1. The number of amides is 1. The molecule has 7 heteroatoms. The predicted octanol–water partition coefficient (Wildman–Crippen LogP) is 8.22. The quantitative estimate of drug-likeness (QED) is 0.123. The van der Waals surface area contributed by atoms with Gasteiger partial charge in [-0.25, -0.2) is 4.68 Å². The maximum atomic E-state index is 14.0. The number of para-hydroxylation sites is 2. The lowest BCUT2D eigenvalue weighted by Gasteiger charge is -2.11. The van der Waals surface area contributed by atoms with Crippen molar-refractivity contribution in [1.82, 2.24) is 9.78 Å². The van der Waals surface area contributed by atoms with E-state index in [2.05, 4.69) is 38.1 Å². The number of benzene rings is 4. The van der Waals surface area contributed by atoms with Crippen molar-refractivity contribution in [1.29, 1.82) is 0 Å². The smallest absolute Gasteiger partial charge is 0.280 e. The molecule has 214 valence electrons. The minimum Gasteiger partial charge on any atom is -0.494 e. The van der Waals surface area contributed by atoms with Gasteiger partial charge in [0.25, 0.3) is 5.91 Å². The van der Waals surface area contributed by atoms with Gasteiger partial charge in [-0.05, 0) is 68.0 Å². The number of rotatable bonds is 10. The highest BCUT2D eigenvalue weighted by atomic mass is 32.2. The van der Waals surface area contributed by atoms with Crippen LogP contribution in [0.5, 0.6) is 5.75 Å². The Bertz CT molecular complexity index is 1780. The van der Waals surface area contributed by atoms with Crippen LogP contribution in [0.1, 0.15) is 24.5 Å². The van der Waals surface area contributed by atoms with Gasteiger partial charge in [-0.1, -0.05) is 73.2 Å². The molecule has 1 aromatic heterocycles. The first-order valence-electron chi connectivity index (χ1n) is 14.4. The van der Waals surface area contributed by atoms with Crippen LogP contribution < -0.4 is 9.75 Å². The fourth-order valence-corrected chi connectivity index (χ4v) is 5.62. The van der Waals surface area contributed by atoms with Gasteiger partial charge in [-0.3, -0.25) is 4.79 Å². The van der Waals surface area contributed by atoms with Crippen molar-refractivity contribution in [3.05, 3.63) is 132 Å². The Balaban J connectivity index is 1.43. The molecule has 2 heterocycles. The van der Waals surface area contributed by atoms with Crippen molar-refractivity contribution in [3.63, 3.8) is 0 Å². The van der Waals surface area contributed by atoms with Crippen LogP contribution in [0.2, 0.25) is 0 Å². The number of nitrogens with zero attached hydrogens (tertiary/aromatic N) is 4. The Kier molecular flexibility index (Phi) is 8.52. The Labute approximate surface area is 256 Å². The summed E-state index contributed by atoms with van der Waals surface area (Å²) in [6.07, 6.45) is 4.83. The van der Waals surface area contributed by atoms with Gasteiger partial charge in [0.1, 0.15) is 11.4 Å². The molecule has 0 spiro atoms. The maximum Gasteiger partial charge on any atom is 0.280 e. The monoisotopic (exact) mass is 584 g/mol. The number of ether oxygens (including phenoxy) is 1. The van der Waals surface area contributed by atoms with Crippen LogP contribution in [0.3, 0.4) is 0 Å². The van der Waals surface area contributed by atoms with Gasteiger partial charge >= 0.3 is 0 Å². The zero-order valence-corrected chi connectivity index (χ0v) is 25.0. The van der Waals surface area contributed by atoms with Gasteiger partial charge < -0.3 is 4.74 Å². The number of hydrazone groups is 1. The average Bonchev–Trinajstić information content (AvgIpc) is 3.62. The number of hydrogen-bond acceptors (Lipinski definition) is 5. The first kappa shape index (κ1) is 28.2. The Morgan fingerprint density at radius 2 is 1.58 bits per heavy atom. The molecule has 0 N–H and O–H groups in total. The van der Waals surface area contributed by atoms with Crippen LogP contribution in [-0.4, -0.2) is 33.8 Å². The highest BCUT2D eigenvalue weighted by molar-refractivity contribution is 8.00. The molecule has 1 amide bonds. The van der Waals surface area contributed by atoms with E-state index in [0.29, 0.717) is 17.9 Å². The van der Waals surface area contributed by atoms with Gasteiger partial charge in [0.05, 0.1) is 29.3 Å². The van der Waals surface area contributed by atoms with Crippen molar-refractivity contribution < 1.29 is 9.53 Å². The van der Waals surface area contributed by atoms with E-state index in [1.165, 1.54) is 10.6 Å². The maximum absolute atomic E-state index is 14.0. The van der Waals surface area contributed by atoms with Gasteiger partial charge in [-0.15, -0.1) is 11.8 Å². The third-order valence-electron chi connectivity index (χ3n) is 7.00. The molecule has 0 aliphatic carbocycles. The molecular formula is C36H32N4O2S. The zero-order chi connectivity index (χ0) is 29.6. The molecule has 43 heavy (non-hydrogen) atoms. The van der Waals surface area contributed by atoms with Crippen molar-refractivity contribution in [2.45, 2.75) is 25.2 Å². The summed E-state index contributed by atoms with van der Waals surface area (Å²) in [5.41, 5.74) is 6.63. The third-order valence-corrected chi connectivity index (χ3v) is 8.02. The molecule has 0 unspecified atom stereocenters. The lowest BCUT2D eigenvalue weighted by atomic mass is 10.0. The van der Waals surface area contributed by atoms with Crippen molar-refractivity contribution in [2.24, 2.45) is 5.10 Å². The number of aryl methyl sites for hydroxylation is 1. The topological polar surface area (TPSA) is 59.7 Å². The van der Waals surface area contributed by atoms with Crippen LogP contribution >= 0.6 is 11.8 Å². The van der Waals surface area contributed by atoms with Gasteiger partial charge in [-0.2, -0.15) is 15.2 Å². The van der Waals surface area contributed by atoms with E-state index < -0.39 is 0 Å². The molecule has 6 rings (SSSR count). The van der Waals surface area contributed by atoms with Crippen LogP contribution in [0, 0.1) is 6.92 Å². The molecule has 0 saturated carbocycles. The molecule has 5 aromatic rings. The second-order valence-electron chi connectivity index (χ2n) is 10.2. The van der Waals surface area contributed by atoms with E-state index in [1.54, 1.807) is 11.8 Å². The Morgan fingerprint density at radius 3 is 2.30 bits per heavy atom. The SMILES string of the molecule is CCCOc1cccc(-c2nn(-c3ccccc3)cc2C=C2C(=O)N(c3ccccc3)N=C2CSc2ccc(C)cc2)c1. The molecule has 6 nitrogen and oxygen atoms in total. The number of carbonyl (C=O) groups excluding carboxylic acids is 1. The van der Waals surface area contributed by atoms with Crippen LogP contribution in [0.25, 0.3) is 23.0 Å². The summed E-state index contributed by atoms with van der Waals surface area (Å²) in [6.45, 7) is 4.80. The van der Waals surface area contributed by atoms with Crippen molar-refractivity contribution in [3.8, 4) is 22.7 Å². The zero-order valence-electron chi connectivity index (χ0n) is 24.2. The average molecular weight is 585 g/mol. The number of hydrogen-bond donors (Lipinski definition) is 0. The van der Waals surface area contributed by atoms with Gasteiger partial charge in [0, 0.05) is 28.0 Å². The molecule has 0 saturated heterocycles. The van der Waals surface area contributed by atoms with Crippen LogP contribution in [0.15, 0.2) is 131 Å². The van der Waals surface area contributed by atoms with E-state index in [4.69, 9.17) is 14.9 Å². The molecule has 1 aliphatic rings. The molecule has 4 aromatic carbocycles. The highest BCUT2D eigenvalue weighted by Gasteiger charge is 2.31. The minimum absolute atomic E-state index is 0.163. The molecular weight excluding hydrogens is 552 g/mol. The fourth-order valence-electron chi connectivity index (χ4n) is 4.78. The minimum atomic E-state index is -0.163. The molecule has 0 bridgehead atoms. The summed E-state index contributed by atoms with van der Waals surface area (Å²) in [7, 11) is 0. The first-order valence-corrected chi connectivity index (χ1v) is 15.3. The third kappa shape index (κ3) is 6.47. The number of carbonyl (C=O) groups is 1. The van der Waals surface area contributed by atoms with Crippen LogP contribution in [0.4, 0.5) is 5.69 Å². The summed E-state index contributed by atoms with van der Waals surface area (Å²) in [6, 6.07) is 35.9. The normalized spacial score (nSPS) is 13.9. The summed E-state index contributed by atoms with van der Waals surface area (Å²) in [4.78, 5) is 15.1. The summed E-state index contributed by atoms with van der Waals surface area (Å²) < 4.78 is 7.78. The molecule has 1 aliphatic heterocycles. The summed E-state index contributed by atoms with van der Waals surface area (Å²) in [5.74, 6) is 1.17. The van der Waals surface area contributed by atoms with Gasteiger partial charge in [0.15, 0.2) is 0 Å². The van der Waals surface area contributed by atoms with E-state index in [-0.39, 0.29) is 5.91 Å². The van der Waals surface area contributed by atoms with Crippen LogP contribution in [-0.2, 0) is 4.79 Å². The molecule has 0 fully saturated rings. The second kappa shape index (κ2) is 13.0. The number of aromatic nitrogens is 2. The lowest BCUT2D eigenvalue weighted by molar-refractivity contribution is -0.114.